The minimum atomic E-state index is -0.0143. The molecule has 2 aromatic carbocycles. The zero-order valence-electron chi connectivity index (χ0n) is 14.9. The highest BCUT2D eigenvalue weighted by Crippen LogP contribution is 2.44. The van der Waals surface area contributed by atoms with Crippen molar-refractivity contribution in [1.82, 2.24) is 9.78 Å². The summed E-state index contributed by atoms with van der Waals surface area (Å²) in [5.41, 5.74) is 4.01. The standard InChI is InChI=1S/C20H18ClN3OS2/c1-12-18-19(13-3-9-16(26-2)10-4-13)27-11-17(25)22-20(18)24(23-12)15-7-5-14(21)6-8-15/h3-10,19H,11H2,1-2H3,(H,22,25)/t19-/m1/s1. The van der Waals surface area contributed by atoms with Gasteiger partial charge in [0.2, 0.25) is 5.91 Å². The zero-order valence-corrected chi connectivity index (χ0v) is 17.3. The SMILES string of the molecule is CSc1ccc([C@H]2SCC(=O)Nc3c2c(C)nn3-c2ccc(Cl)cc2)cc1. The van der Waals surface area contributed by atoms with Gasteiger partial charge in [-0.2, -0.15) is 5.10 Å². The van der Waals surface area contributed by atoms with E-state index in [1.807, 2.05) is 31.2 Å². The third kappa shape index (κ3) is 3.61. The first-order valence-electron chi connectivity index (χ1n) is 8.47. The summed E-state index contributed by atoms with van der Waals surface area (Å²) in [6.45, 7) is 1.99. The van der Waals surface area contributed by atoms with Gasteiger partial charge >= 0.3 is 0 Å². The molecule has 0 aliphatic carbocycles. The summed E-state index contributed by atoms with van der Waals surface area (Å²) in [4.78, 5) is 13.6. The van der Waals surface area contributed by atoms with Crippen LogP contribution in [0.2, 0.25) is 5.02 Å². The summed E-state index contributed by atoms with van der Waals surface area (Å²) in [5, 5.41) is 8.49. The molecule has 0 unspecified atom stereocenters. The number of halogens is 1. The van der Waals surface area contributed by atoms with Gasteiger partial charge in [0.15, 0.2) is 0 Å². The molecule has 7 heteroatoms. The van der Waals surface area contributed by atoms with E-state index < -0.39 is 0 Å². The predicted molar refractivity (Wildman–Crippen MR) is 114 cm³/mol. The van der Waals surface area contributed by atoms with Crippen LogP contribution in [0.15, 0.2) is 53.4 Å². The molecule has 0 saturated carbocycles. The molecule has 0 fully saturated rings. The maximum Gasteiger partial charge on any atom is 0.235 e. The number of hydrogen-bond donors (Lipinski definition) is 1. The van der Waals surface area contributed by atoms with E-state index >= 15 is 0 Å². The molecule has 4 nitrogen and oxygen atoms in total. The minimum absolute atomic E-state index is 0.0143. The molecule has 1 amide bonds. The van der Waals surface area contributed by atoms with Crippen LogP contribution in [0.1, 0.15) is 22.1 Å². The van der Waals surface area contributed by atoms with E-state index in [0.717, 1.165) is 22.8 Å². The normalized spacial score (nSPS) is 16.6. The molecule has 0 saturated heterocycles. The number of anilines is 1. The number of hydrogen-bond acceptors (Lipinski definition) is 4. The van der Waals surface area contributed by atoms with Gasteiger partial charge in [0.25, 0.3) is 0 Å². The molecule has 1 aliphatic heterocycles. The molecule has 1 aromatic heterocycles. The first kappa shape index (κ1) is 18.5. The summed E-state index contributed by atoms with van der Waals surface area (Å²) < 4.78 is 1.80. The molecular weight excluding hydrogens is 398 g/mol. The molecule has 0 radical (unpaired) electrons. The van der Waals surface area contributed by atoms with Crippen molar-refractivity contribution in [3.8, 4) is 5.69 Å². The number of aromatic nitrogens is 2. The van der Waals surface area contributed by atoms with Gasteiger partial charge in [0.05, 0.1) is 22.4 Å². The Hall–Kier alpha value is -1.89. The fraction of sp³-hybridized carbons (Fsp3) is 0.200. The van der Waals surface area contributed by atoms with Crippen LogP contribution in [-0.4, -0.2) is 27.7 Å². The second-order valence-corrected chi connectivity index (χ2v) is 8.66. The summed E-state index contributed by atoms with van der Waals surface area (Å²) in [6.07, 6.45) is 2.07. The average Bonchev–Trinajstić information content (AvgIpc) is 2.88. The number of rotatable bonds is 3. The van der Waals surface area contributed by atoms with Crippen LogP contribution in [0.4, 0.5) is 5.82 Å². The smallest absolute Gasteiger partial charge is 0.235 e. The summed E-state index contributed by atoms with van der Waals surface area (Å²) in [5.74, 6) is 1.13. The van der Waals surface area contributed by atoms with Gasteiger partial charge in [-0.3, -0.25) is 4.79 Å². The fourth-order valence-electron chi connectivity index (χ4n) is 3.19. The number of aryl methyl sites for hydroxylation is 1. The Balaban J connectivity index is 1.84. The van der Waals surface area contributed by atoms with Gasteiger partial charge in [-0.05, 0) is 55.1 Å². The summed E-state index contributed by atoms with van der Waals surface area (Å²) in [7, 11) is 0. The van der Waals surface area contributed by atoms with Crippen molar-refractivity contribution in [2.45, 2.75) is 17.1 Å². The highest BCUT2D eigenvalue weighted by molar-refractivity contribution is 8.00. The van der Waals surface area contributed by atoms with Gasteiger partial charge in [-0.15, -0.1) is 23.5 Å². The molecule has 0 spiro atoms. The Labute approximate surface area is 171 Å². The van der Waals surface area contributed by atoms with Crippen molar-refractivity contribution in [1.29, 1.82) is 0 Å². The van der Waals surface area contributed by atoms with E-state index in [2.05, 4.69) is 35.8 Å². The molecule has 3 aromatic rings. The van der Waals surface area contributed by atoms with Crippen LogP contribution in [0.3, 0.4) is 0 Å². The molecule has 138 valence electrons. The second kappa shape index (κ2) is 7.62. The van der Waals surface area contributed by atoms with Gasteiger partial charge in [0.1, 0.15) is 5.82 Å². The first-order valence-corrected chi connectivity index (χ1v) is 11.1. The molecule has 1 atom stereocenters. The lowest BCUT2D eigenvalue weighted by Gasteiger charge is -2.15. The summed E-state index contributed by atoms with van der Waals surface area (Å²) in [6, 6.07) is 16.0. The topological polar surface area (TPSA) is 46.9 Å². The molecule has 4 rings (SSSR count). The summed E-state index contributed by atoms with van der Waals surface area (Å²) >= 11 is 9.37. The van der Waals surface area contributed by atoms with Crippen LogP contribution in [0, 0.1) is 6.92 Å². The maximum absolute atomic E-state index is 12.4. The van der Waals surface area contributed by atoms with Crippen molar-refractivity contribution in [2.75, 3.05) is 17.3 Å². The van der Waals surface area contributed by atoms with Crippen LogP contribution >= 0.6 is 35.1 Å². The molecule has 2 heterocycles. The lowest BCUT2D eigenvalue weighted by atomic mass is 10.0. The first-order chi connectivity index (χ1) is 13.1. The van der Waals surface area contributed by atoms with Crippen LogP contribution < -0.4 is 5.32 Å². The quantitative estimate of drug-likeness (QED) is 0.587. The van der Waals surface area contributed by atoms with Crippen molar-refractivity contribution in [3.05, 3.63) is 70.4 Å². The van der Waals surface area contributed by atoms with E-state index in [1.165, 1.54) is 10.5 Å². The van der Waals surface area contributed by atoms with Crippen LogP contribution in [0.5, 0.6) is 0 Å². The Morgan fingerprint density at radius 1 is 1.19 bits per heavy atom. The lowest BCUT2D eigenvalue weighted by Crippen LogP contribution is -2.15. The van der Waals surface area contributed by atoms with Gasteiger partial charge in [-0.25, -0.2) is 4.68 Å². The minimum Gasteiger partial charge on any atom is -0.310 e. The number of carbonyl (C=O) groups is 1. The average molecular weight is 416 g/mol. The van der Waals surface area contributed by atoms with E-state index in [1.54, 1.807) is 28.2 Å². The molecule has 27 heavy (non-hydrogen) atoms. The van der Waals surface area contributed by atoms with Crippen molar-refractivity contribution in [2.24, 2.45) is 0 Å². The van der Waals surface area contributed by atoms with Gasteiger partial charge in [-0.1, -0.05) is 23.7 Å². The van der Waals surface area contributed by atoms with E-state index in [9.17, 15) is 4.79 Å². The fourth-order valence-corrected chi connectivity index (χ4v) is 4.92. The van der Waals surface area contributed by atoms with Crippen molar-refractivity contribution in [3.63, 3.8) is 0 Å². The molecule has 1 N–H and O–H groups in total. The number of thioether (sulfide) groups is 2. The Kier molecular flexibility index (Phi) is 5.21. The van der Waals surface area contributed by atoms with E-state index in [4.69, 9.17) is 16.7 Å². The Morgan fingerprint density at radius 3 is 2.56 bits per heavy atom. The lowest BCUT2D eigenvalue weighted by molar-refractivity contribution is -0.113. The van der Waals surface area contributed by atoms with E-state index in [-0.39, 0.29) is 11.2 Å². The zero-order chi connectivity index (χ0) is 19.0. The van der Waals surface area contributed by atoms with Crippen molar-refractivity contribution < 1.29 is 4.79 Å². The Morgan fingerprint density at radius 2 is 1.89 bits per heavy atom. The highest BCUT2D eigenvalue weighted by atomic mass is 35.5. The monoisotopic (exact) mass is 415 g/mol. The van der Waals surface area contributed by atoms with Crippen LogP contribution in [-0.2, 0) is 4.79 Å². The largest absolute Gasteiger partial charge is 0.310 e. The third-order valence-electron chi connectivity index (χ3n) is 4.50. The van der Waals surface area contributed by atoms with Gasteiger partial charge in [0, 0.05) is 15.5 Å². The van der Waals surface area contributed by atoms with E-state index in [0.29, 0.717) is 10.8 Å². The van der Waals surface area contributed by atoms with Gasteiger partial charge < -0.3 is 5.32 Å². The molecule has 0 bridgehead atoms. The number of nitrogens with one attached hydrogen (secondary N) is 1. The number of fused-ring (bicyclic) bond motifs is 1. The number of nitrogens with zero attached hydrogens (tertiary/aromatic N) is 2. The number of amides is 1. The number of benzene rings is 2. The van der Waals surface area contributed by atoms with Crippen LogP contribution in [0.25, 0.3) is 5.69 Å². The predicted octanol–water partition coefficient (Wildman–Crippen LogP) is 5.33. The van der Waals surface area contributed by atoms with Crippen molar-refractivity contribution >= 4 is 46.8 Å². The third-order valence-corrected chi connectivity index (χ3v) is 6.76. The Bertz CT molecular complexity index is 984. The number of carbonyl (C=O) groups excluding carboxylic acids is 1. The second-order valence-electron chi connectivity index (χ2n) is 6.25. The molecular formula is C20H18ClN3OS2. The highest BCUT2D eigenvalue weighted by Gasteiger charge is 2.30. The molecule has 1 aliphatic rings. The maximum atomic E-state index is 12.4.